The van der Waals surface area contributed by atoms with Crippen LogP contribution in [0.15, 0.2) is 4.47 Å². The second kappa shape index (κ2) is 6.55. The van der Waals surface area contributed by atoms with E-state index < -0.39 is 0 Å². The molecule has 0 aliphatic heterocycles. The molecular weight excluding hydrogens is 278 g/mol. The van der Waals surface area contributed by atoms with Crippen LogP contribution >= 0.6 is 15.9 Å². The van der Waals surface area contributed by atoms with Gasteiger partial charge in [-0.1, -0.05) is 20.3 Å². The summed E-state index contributed by atoms with van der Waals surface area (Å²) < 4.78 is 3.14. The van der Waals surface area contributed by atoms with Gasteiger partial charge in [0.05, 0.1) is 15.9 Å². The van der Waals surface area contributed by atoms with Crippen molar-refractivity contribution >= 4 is 15.9 Å². The van der Waals surface area contributed by atoms with Crippen molar-refractivity contribution in [3.63, 3.8) is 0 Å². The van der Waals surface area contributed by atoms with Gasteiger partial charge < -0.3 is 5.32 Å². The lowest BCUT2D eigenvalue weighted by Crippen LogP contribution is -2.34. The predicted molar refractivity (Wildman–Crippen MR) is 76.3 cm³/mol. The molecule has 98 valence electrons. The van der Waals surface area contributed by atoms with E-state index in [2.05, 4.69) is 40.2 Å². The maximum atomic E-state index is 4.45. The smallest absolute Gasteiger partial charge is 0.0738 e. The van der Waals surface area contributed by atoms with E-state index in [0.717, 1.165) is 16.6 Å². The first-order valence-electron chi connectivity index (χ1n) is 6.36. The molecule has 1 heterocycles. The SMILES string of the molecule is CCCC(C)C(Cc1c(Br)c(C)nn1C)NC. The van der Waals surface area contributed by atoms with Crippen molar-refractivity contribution in [1.29, 1.82) is 0 Å². The highest BCUT2D eigenvalue weighted by Crippen LogP contribution is 2.23. The topological polar surface area (TPSA) is 29.9 Å². The molecule has 0 amide bonds. The van der Waals surface area contributed by atoms with Gasteiger partial charge in [-0.3, -0.25) is 4.68 Å². The molecule has 0 aliphatic carbocycles. The van der Waals surface area contributed by atoms with Gasteiger partial charge in [0.15, 0.2) is 0 Å². The third-order valence-electron chi connectivity index (χ3n) is 3.48. The molecule has 3 nitrogen and oxygen atoms in total. The molecule has 2 atom stereocenters. The van der Waals surface area contributed by atoms with E-state index in [0.29, 0.717) is 12.0 Å². The van der Waals surface area contributed by atoms with E-state index >= 15 is 0 Å². The summed E-state index contributed by atoms with van der Waals surface area (Å²) >= 11 is 3.64. The largest absolute Gasteiger partial charge is 0.316 e. The van der Waals surface area contributed by atoms with Gasteiger partial charge in [0.1, 0.15) is 0 Å². The first-order valence-corrected chi connectivity index (χ1v) is 7.15. The van der Waals surface area contributed by atoms with E-state index in [1.807, 2.05) is 25.7 Å². The van der Waals surface area contributed by atoms with Crippen LogP contribution < -0.4 is 5.32 Å². The lowest BCUT2D eigenvalue weighted by atomic mass is 9.93. The van der Waals surface area contributed by atoms with Gasteiger partial charge in [-0.2, -0.15) is 5.10 Å². The molecule has 1 aromatic heterocycles. The quantitative estimate of drug-likeness (QED) is 0.875. The molecule has 0 spiro atoms. The van der Waals surface area contributed by atoms with Crippen LogP contribution in [-0.2, 0) is 13.5 Å². The molecule has 1 N–H and O–H groups in total. The Morgan fingerprint density at radius 3 is 2.53 bits per heavy atom. The third-order valence-corrected chi connectivity index (χ3v) is 4.51. The summed E-state index contributed by atoms with van der Waals surface area (Å²) in [6.45, 7) is 6.60. The number of halogens is 1. The average Bonchev–Trinajstić information content (AvgIpc) is 2.51. The van der Waals surface area contributed by atoms with Crippen LogP contribution in [0.1, 0.15) is 38.1 Å². The Kier molecular flexibility index (Phi) is 5.67. The molecule has 17 heavy (non-hydrogen) atoms. The Balaban J connectivity index is 2.80. The number of nitrogens with zero attached hydrogens (tertiary/aromatic N) is 2. The van der Waals surface area contributed by atoms with Crippen molar-refractivity contribution in [1.82, 2.24) is 15.1 Å². The van der Waals surface area contributed by atoms with Crippen LogP contribution in [0.25, 0.3) is 0 Å². The number of aromatic nitrogens is 2. The minimum Gasteiger partial charge on any atom is -0.316 e. The minimum absolute atomic E-state index is 0.515. The molecule has 0 aliphatic rings. The number of likely N-dealkylation sites (N-methyl/N-ethyl adjacent to an activating group) is 1. The van der Waals surface area contributed by atoms with Gasteiger partial charge in [0.2, 0.25) is 0 Å². The Labute approximate surface area is 113 Å². The van der Waals surface area contributed by atoms with E-state index in [1.165, 1.54) is 18.5 Å². The minimum atomic E-state index is 0.515. The molecule has 0 saturated carbocycles. The molecule has 0 fully saturated rings. The van der Waals surface area contributed by atoms with Crippen LogP contribution in [-0.4, -0.2) is 22.9 Å². The van der Waals surface area contributed by atoms with Crippen molar-refractivity contribution in [2.75, 3.05) is 7.05 Å². The van der Waals surface area contributed by atoms with E-state index in [4.69, 9.17) is 0 Å². The Morgan fingerprint density at radius 1 is 1.47 bits per heavy atom. The number of nitrogens with one attached hydrogen (secondary N) is 1. The third kappa shape index (κ3) is 3.55. The van der Waals surface area contributed by atoms with Crippen molar-refractivity contribution in [3.8, 4) is 0 Å². The summed E-state index contributed by atoms with van der Waals surface area (Å²) in [5, 5.41) is 7.88. The molecule has 2 unspecified atom stereocenters. The molecule has 1 rings (SSSR count). The van der Waals surface area contributed by atoms with E-state index in [1.54, 1.807) is 0 Å². The summed E-state index contributed by atoms with van der Waals surface area (Å²) in [6.07, 6.45) is 3.53. The maximum Gasteiger partial charge on any atom is 0.0738 e. The van der Waals surface area contributed by atoms with E-state index in [-0.39, 0.29) is 0 Å². The standard InChI is InChI=1S/C13H24BrN3/c1-6-7-9(2)11(15-4)8-12-13(14)10(3)16-17(12)5/h9,11,15H,6-8H2,1-5H3. The second-order valence-corrected chi connectivity index (χ2v) is 5.63. The molecule has 0 radical (unpaired) electrons. The molecular formula is C13H24BrN3. The summed E-state index contributed by atoms with van der Waals surface area (Å²) in [4.78, 5) is 0. The van der Waals surface area contributed by atoms with Gasteiger partial charge in [-0.15, -0.1) is 0 Å². The molecule has 0 aromatic carbocycles. The first kappa shape index (κ1) is 14.7. The Morgan fingerprint density at radius 2 is 2.12 bits per heavy atom. The Bertz CT molecular complexity index is 360. The molecule has 1 aromatic rings. The summed E-state index contributed by atoms with van der Waals surface area (Å²) in [5.74, 6) is 0.687. The molecule has 0 bridgehead atoms. The zero-order valence-corrected chi connectivity index (χ0v) is 13.1. The summed E-state index contributed by atoms with van der Waals surface area (Å²) in [7, 11) is 4.07. The summed E-state index contributed by atoms with van der Waals surface area (Å²) in [6, 6.07) is 0.515. The lowest BCUT2D eigenvalue weighted by Gasteiger charge is -2.23. The van der Waals surface area contributed by atoms with Crippen molar-refractivity contribution in [2.24, 2.45) is 13.0 Å². The molecule has 0 saturated heterocycles. The Hall–Kier alpha value is -0.350. The number of hydrogen-bond donors (Lipinski definition) is 1. The van der Waals surface area contributed by atoms with Gasteiger partial charge in [-0.05, 0) is 42.2 Å². The highest BCUT2D eigenvalue weighted by molar-refractivity contribution is 9.10. The van der Waals surface area contributed by atoms with Crippen LogP contribution in [0.3, 0.4) is 0 Å². The zero-order valence-electron chi connectivity index (χ0n) is 11.5. The normalized spacial score (nSPS) is 14.9. The van der Waals surface area contributed by atoms with Gasteiger partial charge >= 0.3 is 0 Å². The van der Waals surface area contributed by atoms with E-state index in [9.17, 15) is 0 Å². The highest BCUT2D eigenvalue weighted by atomic mass is 79.9. The van der Waals surface area contributed by atoms with Gasteiger partial charge in [-0.25, -0.2) is 0 Å². The number of aryl methyl sites for hydroxylation is 2. The molecule has 4 heteroatoms. The summed E-state index contributed by atoms with van der Waals surface area (Å²) in [5.41, 5.74) is 2.35. The zero-order chi connectivity index (χ0) is 13.0. The van der Waals surface area contributed by atoms with Gasteiger partial charge in [0, 0.05) is 19.5 Å². The predicted octanol–water partition coefficient (Wildman–Crippen LogP) is 3.06. The van der Waals surface area contributed by atoms with Crippen molar-refractivity contribution in [3.05, 3.63) is 15.9 Å². The number of hydrogen-bond acceptors (Lipinski definition) is 2. The van der Waals surface area contributed by atoms with Crippen LogP contribution in [0.5, 0.6) is 0 Å². The van der Waals surface area contributed by atoms with Crippen LogP contribution in [0, 0.1) is 12.8 Å². The highest BCUT2D eigenvalue weighted by Gasteiger charge is 2.19. The van der Waals surface area contributed by atoms with Crippen LogP contribution in [0.2, 0.25) is 0 Å². The van der Waals surface area contributed by atoms with Crippen molar-refractivity contribution < 1.29 is 0 Å². The lowest BCUT2D eigenvalue weighted by molar-refractivity contribution is 0.365. The fourth-order valence-electron chi connectivity index (χ4n) is 2.35. The van der Waals surface area contributed by atoms with Gasteiger partial charge in [0.25, 0.3) is 0 Å². The monoisotopic (exact) mass is 301 g/mol. The average molecular weight is 302 g/mol. The maximum absolute atomic E-state index is 4.45. The van der Waals surface area contributed by atoms with Crippen molar-refractivity contribution in [2.45, 2.75) is 46.1 Å². The van der Waals surface area contributed by atoms with Crippen LogP contribution in [0.4, 0.5) is 0 Å². The number of rotatable bonds is 6. The first-order chi connectivity index (χ1) is 8.01. The fraction of sp³-hybridized carbons (Fsp3) is 0.769. The fourth-order valence-corrected chi connectivity index (χ4v) is 2.85. The second-order valence-electron chi connectivity index (χ2n) is 4.83.